The molecule has 0 spiro atoms. The maximum Gasteiger partial charge on any atom is 0.261 e. The summed E-state index contributed by atoms with van der Waals surface area (Å²) in [4.78, 5) is 14.3. The third-order valence-corrected chi connectivity index (χ3v) is 5.22. The van der Waals surface area contributed by atoms with Gasteiger partial charge in [-0.3, -0.25) is 9.48 Å². The molecule has 1 amide bonds. The van der Waals surface area contributed by atoms with Gasteiger partial charge >= 0.3 is 0 Å². The number of aromatic nitrogens is 2. The van der Waals surface area contributed by atoms with Gasteiger partial charge in [0.2, 0.25) is 0 Å². The van der Waals surface area contributed by atoms with E-state index in [9.17, 15) is 4.79 Å². The quantitative estimate of drug-likeness (QED) is 0.752. The zero-order valence-corrected chi connectivity index (χ0v) is 15.4. The third kappa shape index (κ3) is 3.36. The van der Waals surface area contributed by atoms with Gasteiger partial charge in [-0.2, -0.15) is 5.10 Å². The van der Waals surface area contributed by atoms with Crippen LogP contribution in [0.3, 0.4) is 0 Å². The maximum absolute atomic E-state index is 12.5. The lowest BCUT2D eigenvalue weighted by atomic mass is 10.1. The Labute approximate surface area is 146 Å². The molecule has 4 nitrogen and oxygen atoms in total. The molecule has 5 heteroatoms. The Balaban J connectivity index is 1.79. The topological polar surface area (TPSA) is 46.9 Å². The van der Waals surface area contributed by atoms with Gasteiger partial charge in [-0.05, 0) is 37.0 Å². The first-order chi connectivity index (χ1) is 11.5. The fraction of sp³-hybridized carbons (Fsp3) is 0.368. The fourth-order valence-electron chi connectivity index (χ4n) is 2.77. The van der Waals surface area contributed by atoms with Crippen LogP contribution < -0.4 is 5.32 Å². The molecule has 0 aliphatic carbocycles. The molecule has 0 saturated carbocycles. The van der Waals surface area contributed by atoms with Crippen LogP contribution in [-0.2, 0) is 13.1 Å². The molecule has 2 heterocycles. The Bertz CT molecular complexity index is 876. The molecule has 0 saturated heterocycles. The molecule has 0 bridgehead atoms. The number of amides is 1. The number of nitrogens with zero attached hydrogens (tertiary/aromatic N) is 2. The van der Waals surface area contributed by atoms with Crippen LogP contribution in [0, 0.1) is 19.8 Å². The maximum atomic E-state index is 12.5. The molecule has 3 aromatic rings. The number of thiophene rings is 1. The van der Waals surface area contributed by atoms with Gasteiger partial charge < -0.3 is 5.32 Å². The third-order valence-electron chi connectivity index (χ3n) is 4.07. The lowest BCUT2D eigenvalue weighted by molar-refractivity contribution is 0.0955. The highest BCUT2D eigenvalue weighted by Crippen LogP contribution is 2.28. The number of fused-ring (bicyclic) bond motifs is 1. The van der Waals surface area contributed by atoms with Crippen LogP contribution in [0.5, 0.6) is 0 Å². The van der Waals surface area contributed by atoms with Crippen molar-refractivity contribution in [3.8, 4) is 0 Å². The van der Waals surface area contributed by atoms with Gasteiger partial charge in [0, 0.05) is 18.5 Å². The van der Waals surface area contributed by atoms with E-state index in [1.165, 1.54) is 16.9 Å². The Morgan fingerprint density at radius 2 is 2.04 bits per heavy atom. The first kappa shape index (κ1) is 16.7. The molecular formula is C19H23N3OS. The van der Waals surface area contributed by atoms with Crippen LogP contribution in [0.2, 0.25) is 0 Å². The zero-order chi connectivity index (χ0) is 17.3. The minimum absolute atomic E-state index is 0.0186. The second-order valence-electron chi connectivity index (χ2n) is 6.60. The lowest BCUT2D eigenvalue weighted by Gasteiger charge is -2.07. The molecular weight excluding hydrogens is 318 g/mol. The summed E-state index contributed by atoms with van der Waals surface area (Å²) in [7, 11) is 0. The molecule has 2 aromatic heterocycles. The van der Waals surface area contributed by atoms with Crippen LogP contribution in [-0.4, -0.2) is 15.7 Å². The highest BCUT2D eigenvalue weighted by molar-refractivity contribution is 7.20. The van der Waals surface area contributed by atoms with Crippen molar-refractivity contribution in [3.63, 3.8) is 0 Å². The fourth-order valence-corrected chi connectivity index (χ4v) is 3.85. The van der Waals surface area contributed by atoms with E-state index in [0.29, 0.717) is 12.5 Å². The van der Waals surface area contributed by atoms with Crippen molar-refractivity contribution >= 4 is 27.5 Å². The summed E-state index contributed by atoms with van der Waals surface area (Å²) < 4.78 is 2.03. The highest BCUT2D eigenvalue weighted by Gasteiger charge is 2.16. The molecule has 0 atom stereocenters. The predicted octanol–water partition coefficient (Wildman–Crippen LogP) is 4.30. The molecule has 24 heavy (non-hydrogen) atoms. The van der Waals surface area contributed by atoms with E-state index < -0.39 is 0 Å². The molecule has 3 rings (SSSR count). The van der Waals surface area contributed by atoms with Crippen molar-refractivity contribution in [1.29, 1.82) is 0 Å². The van der Waals surface area contributed by atoms with Crippen molar-refractivity contribution < 1.29 is 4.79 Å². The van der Waals surface area contributed by atoms with Crippen molar-refractivity contribution in [2.24, 2.45) is 5.92 Å². The largest absolute Gasteiger partial charge is 0.347 e. The number of nitrogens with one attached hydrogen (secondary N) is 1. The zero-order valence-electron chi connectivity index (χ0n) is 14.6. The lowest BCUT2D eigenvalue weighted by Crippen LogP contribution is -2.22. The van der Waals surface area contributed by atoms with Gasteiger partial charge in [-0.1, -0.05) is 38.1 Å². The van der Waals surface area contributed by atoms with E-state index in [1.807, 2.05) is 35.9 Å². The van der Waals surface area contributed by atoms with Crippen LogP contribution in [0.1, 0.15) is 40.3 Å². The van der Waals surface area contributed by atoms with Crippen molar-refractivity contribution in [1.82, 2.24) is 15.1 Å². The van der Waals surface area contributed by atoms with Crippen LogP contribution in [0.4, 0.5) is 0 Å². The van der Waals surface area contributed by atoms with E-state index in [-0.39, 0.29) is 5.91 Å². The first-order valence-corrected chi connectivity index (χ1v) is 9.07. The van der Waals surface area contributed by atoms with Gasteiger partial charge in [0.25, 0.3) is 5.91 Å². The molecule has 0 fully saturated rings. The van der Waals surface area contributed by atoms with Crippen LogP contribution in [0.25, 0.3) is 10.2 Å². The molecule has 0 unspecified atom stereocenters. The summed E-state index contributed by atoms with van der Waals surface area (Å²) in [5, 5.41) is 8.70. The number of rotatable bonds is 5. The van der Waals surface area contributed by atoms with Gasteiger partial charge in [0.05, 0.1) is 10.6 Å². The minimum atomic E-state index is -0.0186. The van der Waals surface area contributed by atoms with Crippen LogP contribution >= 0.6 is 11.3 Å². The summed E-state index contributed by atoms with van der Waals surface area (Å²) in [6, 6.07) is 10.1. The van der Waals surface area contributed by atoms with Gasteiger partial charge in [0.15, 0.2) is 0 Å². The summed E-state index contributed by atoms with van der Waals surface area (Å²) in [6.45, 7) is 9.83. The average molecular weight is 341 g/mol. The summed E-state index contributed by atoms with van der Waals surface area (Å²) in [5.74, 6) is 0.503. The smallest absolute Gasteiger partial charge is 0.261 e. The normalized spacial score (nSPS) is 11.4. The van der Waals surface area contributed by atoms with E-state index >= 15 is 0 Å². The molecule has 0 aliphatic heterocycles. The number of carbonyl (C=O) groups is 1. The Morgan fingerprint density at radius 3 is 2.75 bits per heavy atom. The van der Waals surface area contributed by atoms with Crippen molar-refractivity contribution in [2.45, 2.75) is 40.8 Å². The van der Waals surface area contributed by atoms with Crippen molar-refractivity contribution in [2.75, 3.05) is 0 Å². The second-order valence-corrected chi connectivity index (χ2v) is 7.63. The highest BCUT2D eigenvalue weighted by atomic mass is 32.1. The summed E-state index contributed by atoms with van der Waals surface area (Å²) >= 11 is 1.52. The van der Waals surface area contributed by atoms with Gasteiger partial charge in [-0.15, -0.1) is 11.3 Å². The Kier molecular flexibility index (Phi) is 4.71. The van der Waals surface area contributed by atoms with E-state index in [0.717, 1.165) is 32.9 Å². The van der Waals surface area contributed by atoms with Crippen LogP contribution in [0.15, 0.2) is 30.3 Å². The predicted molar refractivity (Wildman–Crippen MR) is 99.5 cm³/mol. The standard InChI is InChI=1S/C19H23N3OS/c1-12(2)11-22-19-16(14(4)21-22)9-17(24-19)18(23)20-10-15-8-6-5-7-13(15)3/h5-9,12H,10-11H2,1-4H3,(H,20,23). The minimum Gasteiger partial charge on any atom is -0.347 e. The van der Waals surface area contributed by atoms with E-state index in [1.54, 1.807) is 0 Å². The molecule has 0 radical (unpaired) electrons. The monoisotopic (exact) mass is 341 g/mol. The number of benzene rings is 1. The number of aryl methyl sites for hydroxylation is 2. The van der Waals surface area contributed by atoms with E-state index in [2.05, 4.69) is 37.3 Å². The molecule has 0 aliphatic rings. The summed E-state index contributed by atoms with van der Waals surface area (Å²) in [5.41, 5.74) is 3.33. The Morgan fingerprint density at radius 1 is 1.29 bits per heavy atom. The first-order valence-electron chi connectivity index (χ1n) is 8.25. The number of hydrogen-bond acceptors (Lipinski definition) is 3. The molecule has 126 valence electrons. The Hall–Kier alpha value is -2.14. The van der Waals surface area contributed by atoms with Crippen molar-refractivity contribution in [3.05, 3.63) is 52.0 Å². The number of hydrogen-bond donors (Lipinski definition) is 1. The second kappa shape index (κ2) is 6.77. The average Bonchev–Trinajstić information content (AvgIpc) is 3.08. The van der Waals surface area contributed by atoms with Gasteiger partial charge in [-0.25, -0.2) is 0 Å². The number of carbonyl (C=O) groups excluding carboxylic acids is 1. The van der Waals surface area contributed by atoms with E-state index in [4.69, 9.17) is 0 Å². The molecule has 1 aromatic carbocycles. The SMILES string of the molecule is Cc1ccccc1CNC(=O)c1cc2c(C)nn(CC(C)C)c2s1. The van der Waals surface area contributed by atoms with Gasteiger partial charge in [0.1, 0.15) is 4.83 Å². The summed E-state index contributed by atoms with van der Waals surface area (Å²) in [6.07, 6.45) is 0. The molecule has 1 N–H and O–H groups in total.